The monoisotopic (exact) mass is 520 g/mol. The summed E-state index contributed by atoms with van der Waals surface area (Å²) in [7, 11) is -2.68. The first-order valence-electron chi connectivity index (χ1n) is 11.3. The van der Waals surface area contributed by atoms with Crippen LogP contribution in [0.15, 0.2) is 47.4 Å². The Bertz CT molecular complexity index is 1410. The zero-order chi connectivity index (χ0) is 25.5. The fraction of sp³-hybridized carbons (Fsp3) is 0.333. The summed E-state index contributed by atoms with van der Waals surface area (Å²) >= 11 is 0. The molecule has 0 atom stereocenters. The standard InChI is InChI=1S/C24H23F3N4O4S/c1-31-11-12-34-20-13-15(9-10-19(20)31)14-35-23-22(28-17-6-4-7-18(17)29-23)30-36(32,33)21-8-3-2-5-16(21)24(25,26)27/h2-3,5,8-10,13H,4,6-7,11-12,14H2,1H3,(H,28,30). The summed E-state index contributed by atoms with van der Waals surface area (Å²) in [5.74, 6) is 0.357. The maximum Gasteiger partial charge on any atom is 0.417 e. The van der Waals surface area contributed by atoms with Crippen LogP contribution in [0.4, 0.5) is 24.7 Å². The molecule has 0 amide bonds. The highest BCUT2D eigenvalue weighted by atomic mass is 32.2. The molecule has 36 heavy (non-hydrogen) atoms. The highest BCUT2D eigenvalue weighted by Crippen LogP contribution is 2.36. The third-order valence-electron chi connectivity index (χ3n) is 6.05. The lowest BCUT2D eigenvalue weighted by atomic mass is 10.1. The summed E-state index contributed by atoms with van der Waals surface area (Å²) in [6.07, 6.45) is -2.82. The molecule has 2 heterocycles. The molecule has 8 nitrogen and oxygen atoms in total. The van der Waals surface area contributed by atoms with Gasteiger partial charge in [-0.2, -0.15) is 13.2 Å². The normalized spacial score (nSPS) is 15.2. The van der Waals surface area contributed by atoms with Gasteiger partial charge in [0.15, 0.2) is 0 Å². The number of fused-ring (bicyclic) bond motifs is 2. The number of rotatable bonds is 6. The Morgan fingerprint density at radius 2 is 1.86 bits per heavy atom. The first-order chi connectivity index (χ1) is 17.1. The second kappa shape index (κ2) is 9.16. The molecule has 5 rings (SSSR count). The van der Waals surface area contributed by atoms with Gasteiger partial charge in [-0.25, -0.2) is 18.4 Å². The molecule has 1 aliphatic carbocycles. The molecular formula is C24H23F3N4O4S. The van der Waals surface area contributed by atoms with Gasteiger partial charge in [0.05, 0.1) is 34.1 Å². The van der Waals surface area contributed by atoms with Crippen molar-refractivity contribution in [3.63, 3.8) is 0 Å². The number of nitrogens with zero attached hydrogens (tertiary/aromatic N) is 3. The van der Waals surface area contributed by atoms with Crippen LogP contribution < -0.4 is 19.1 Å². The molecule has 0 spiro atoms. The number of benzene rings is 2. The minimum absolute atomic E-state index is 0.0295. The molecule has 0 unspecified atom stereocenters. The number of anilines is 2. The van der Waals surface area contributed by atoms with Crippen LogP contribution in [0.5, 0.6) is 11.6 Å². The topological polar surface area (TPSA) is 93.7 Å². The Morgan fingerprint density at radius 3 is 2.64 bits per heavy atom. The molecule has 0 saturated heterocycles. The van der Waals surface area contributed by atoms with Crippen LogP contribution in [-0.4, -0.2) is 38.6 Å². The van der Waals surface area contributed by atoms with E-state index in [2.05, 4.69) is 19.6 Å². The molecule has 3 aromatic rings. The van der Waals surface area contributed by atoms with Crippen LogP contribution in [0.1, 0.15) is 28.9 Å². The number of ether oxygens (including phenoxy) is 2. The molecule has 12 heteroatoms. The van der Waals surface area contributed by atoms with Crippen molar-refractivity contribution in [1.29, 1.82) is 0 Å². The average molecular weight is 521 g/mol. The molecule has 0 saturated carbocycles. The van der Waals surface area contributed by atoms with Gasteiger partial charge in [0, 0.05) is 7.05 Å². The van der Waals surface area contributed by atoms with E-state index in [1.807, 2.05) is 25.2 Å². The number of aromatic nitrogens is 2. The lowest BCUT2D eigenvalue weighted by Crippen LogP contribution is -2.28. The fourth-order valence-electron chi connectivity index (χ4n) is 4.24. The van der Waals surface area contributed by atoms with E-state index in [-0.39, 0.29) is 18.3 Å². The van der Waals surface area contributed by atoms with E-state index in [0.717, 1.165) is 42.4 Å². The van der Waals surface area contributed by atoms with Gasteiger partial charge in [0.25, 0.3) is 15.9 Å². The molecule has 190 valence electrons. The number of sulfonamides is 1. The molecule has 2 aromatic carbocycles. The number of hydrogen-bond donors (Lipinski definition) is 1. The van der Waals surface area contributed by atoms with Crippen molar-refractivity contribution in [3.05, 3.63) is 65.0 Å². The van der Waals surface area contributed by atoms with Gasteiger partial charge < -0.3 is 14.4 Å². The zero-order valence-electron chi connectivity index (χ0n) is 19.3. The molecule has 1 aromatic heterocycles. The number of halogens is 3. The minimum Gasteiger partial charge on any atom is -0.490 e. The summed E-state index contributed by atoms with van der Waals surface area (Å²) in [6, 6.07) is 9.56. The molecule has 1 aliphatic heterocycles. The van der Waals surface area contributed by atoms with Crippen molar-refractivity contribution in [2.24, 2.45) is 0 Å². The van der Waals surface area contributed by atoms with E-state index in [4.69, 9.17) is 9.47 Å². The van der Waals surface area contributed by atoms with E-state index < -0.39 is 26.7 Å². The second-order valence-corrected chi connectivity index (χ2v) is 10.2. The maximum atomic E-state index is 13.5. The van der Waals surface area contributed by atoms with Gasteiger partial charge in [0.2, 0.25) is 5.82 Å². The summed E-state index contributed by atoms with van der Waals surface area (Å²) in [4.78, 5) is 9.97. The van der Waals surface area contributed by atoms with Gasteiger partial charge in [-0.05, 0) is 49.1 Å². The number of alkyl halides is 3. The highest BCUT2D eigenvalue weighted by molar-refractivity contribution is 7.92. The van der Waals surface area contributed by atoms with Crippen LogP contribution in [0.2, 0.25) is 0 Å². The zero-order valence-corrected chi connectivity index (χ0v) is 20.1. The van der Waals surface area contributed by atoms with E-state index >= 15 is 0 Å². The summed E-state index contributed by atoms with van der Waals surface area (Å²) in [5.41, 5.74) is 1.70. The van der Waals surface area contributed by atoms with Crippen molar-refractivity contribution < 1.29 is 31.1 Å². The van der Waals surface area contributed by atoms with Crippen LogP contribution in [0.3, 0.4) is 0 Å². The second-order valence-electron chi connectivity index (χ2n) is 8.58. The first kappa shape index (κ1) is 24.2. The Hall–Kier alpha value is -3.54. The Kier molecular flexibility index (Phi) is 6.15. The van der Waals surface area contributed by atoms with Crippen LogP contribution in [0, 0.1) is 0 Å². The van der Waals surface area contributed by atoms with Crippen molar-refractivity contribution in [2.75, 3.05) is 29.8 Å². The molecule has 0 fully saturated rings. The van der Waals surface area contributed by atoms with Gasteiger partial charge in [0.1, 0.15) is 19.0 Å². The molecule has 2 aliphatic rings. The first-order valence-corrected chi connectivity index (χ1v) is 12.8. The Morgan fingerprint density at radius 1 is 1.11 bits per heavy atom. The third-order valence-corrected chi connectivity index (χ3v) is 7.45. The molecule has 0 radical (unpaired) electrons. The largest absolute Gasteiger partial charge is 0.490 e. The Labute approximate surface area is 206 Å². The number of aryl methyl sites for hydroxylation is 2. The van der Waals surface area contributed by atoms with Gasteiger partial charge in [-0.1, -0.05) is 18.2 Å². The SMILES string of the molecule is CN1CCOc2cc(COc3nc4c(nc3NS(=O)(=O)c3ccccc3C(F)(F)F)CCC4)ccc21. The molecular weight excluding hydrogens is 497 g/mol. The van der Waals surface area contributed by atoms with Gasteiger partial charge in [-0.15, -0.1) is 0 Å². The van der Waals surface area contributed by atoms with Crippen molar-refractivity contribution >= 4 is 21.5 Å². The van der Waals surface area contributed by atoms with Gasteiger partial charge >= 0.3 is 6.18 Å². The summed E-state index contributed by atoms with van der Waals surface area (Å²) < 4.78 is 80.2. The van der Waals surface area contributed by atoms with Crippen molar-refractivity contribution in [3.8, 4) is 11.6 Å². The number of nitrogens with one attached hydrogen (secondary N) is 1. The lowest BCUT2D eigenvalue weighted by Gasteiger charge is -2.28. The molecule has 0 bridgehead atoms. The van der Waals surface area contributed by atoms with Gasteiger partial charge in [-0.3, -0.25) is 4.72 Å². The van der Waals surface area contributed by atoms with E-state index in [9.17, 15) is 21.6 Å². The highest BCUT2D eigenvalue weighted by Gasteiger charge is 2.37. The van der Waals surface area contributed by atoms with E-state index in [0.29, 0.717) is 36.6 Å². The van der Waals surface area contributed by atoms with Crippen LogP contribution >= 0.6 is 0 Å². The van der Waals surface area contributed by atoms with Crippen LogP contribution in [-0.2, 0) is 35.6 Å². The van der Waals surface area contributed by atoms with E-state index in [1.54, 1.807) is 0 Å². The fourth-order valence-corrected chi connectivity index (χ4v) is 5.47. The lowest BCUT2D eigenvalue weighted by molar-refractivity contribution is -0.139. The summed E-state index contributed by atoms with van der Waals surface area (Å²) in [6.45, 7) is 1.35. The van der Waals surface area contributed by atoms with E-state index in [1.165, 1.54) is 6.07 Å². The number of likely N-dealkylation sites (N-methyl/N-ethyl adjacent to an activating group) is 1. The number of hydrogen-bond acceptors (Lipinski definition) is 7. The molecule has 1 N–H and O–H groups in total. The smallest absolute Gasteiger partial charge is 0.417 e. The average Bonchev–Trinajstić information content (AvgIpc) is 3.29. The van der Waals surface area contributed by atoms with Crippen molar-refractivity contribution in [2.45, 2.75) is 36.9 Å². The maximum absolute atomic E-state index is 13.5. The van der Waals surface area contributed by atoms with Crippen molar-refractivity contribution in [1.82, 2.24) is 9.97 Å². The quantitative estimate of drug-likeness (QED) is 0.521. The minimum atomic E-state index is -4.85. The third kappa shape index (κ3) is 4.77. The Balaban J connectivity index is 1.45. The van der Waals surface area contributed by atoms with Crippen LogP contribution in [0.25, 0.3) is 0 Å². The predicted molar refractivity (Wildman–Crippen MR) is 126 cm³/mol. The summed E-state index contributed by atoms with van der Waals surface area (Å²) in [5, 5.41) is 0. The predicted octanol–water partition coefficient (Wildman–Crippen LogP) is 4.19.